The van der Waals surface area contributed by atoms with Crippen molar-refractivity contribution in [1.82, 2.24) is 15.0 Å². The van der Waals surface area contributed by atoms with Crippen LogP contribution in [0.1, 0.15) is 5.56 Å². The maximum Gasteiger partial charge on any atom is 0.166 e. The molecule has 1 aromatic heterocycles. The minimum Gasteiger partial charge on any atom is -0.381 e. The highest BCUT2D eigenvalue weighted by molar-refractivity contribution is 9.10. The van der Waals surface area contributed by atoms with E-state index in [-0.39, 0.29) is 0 Å². The number of halogens is 1. The van der Waals surface area contributed by atoms with E-state index >= 15 is 0 Å². The molecule has 0 amide bonds. The highest BCUT2D eigenvalue weighted by Gasteiger charge is 2.04. The number of rotatable bonds is 1. The zero-order chi connectivity index (χ0) is 10.1. The maximum absolute atomic E-state index is 5.49. The zero-order valence-electron chi connectivity index (χ0n) is 7.61. The number of nitrogens with two attached hydrogens (primary N) is 1. The molecule has 0 aliphatic heterocycles. The summed E-state index contributed by atoms with van der Waals surface area (Å²) >= 11 is 3.45. The summed E-state index contributed by atoms with van der Waals surface area (Å²) in [5.74, 6) is 0.414. The number of hydrogen-bond donors (Lipinski definition) is 1. The Morgan fingerprint density at radius 3 is 2.79 bits per heavy atom. The van der Waals surface area contributed by atoms with Gasteiger partial charge >= 0.3 is 0 Å². The summed E-state index contributed by atoms with van der Waals surface area (Å²) in [6, 6.07) is 5.95. The first-order valence-electron chi connectivity index (χ1n) is 4.11. The van der Waals surface area contributed by atoms with Crippen LogP contribution in [-0.2, 0) is 0 Å². The van der Waals surface area contributed by atoms with E-state index in [1.165, 1.54) is 16.6 Å². The number of anilines is 1. The van der Waals surface area contributed by atoms with Gasteiger partial charge in [0.2, 0.25) is 0 Å². The smallest absolute Gasteiger partial charge is 0.166 e. The summed E-state index contributed by atoms with van der Waals surface area (Å²) in [5.41, 5.74) is 7.55. The Morgan fingerprint density at radius 2 is 2.21 bits per heavy atom. The molecule has 0 spiro atoms. The number of aryl methyl sites for hydroxylation is 1. The summed E-state index contributed by atoms with van der Waals surface area (Å²) in [6.45, 7) is 2.03. The minimum atomic E-state index is 0.414. The van der Waals surface area contributed by atoms with Gasteiger partial charge in [-0.25, -0.2) is 0 Å². The van der Waals surface area contributed by atoms with Gasteiger partial charge in [0.05, 0.1) is 11.9 Å². The minimum absolute atomic E-state index is 0.414. The molecular weight excluding hydrogens is 244 g/mol. The normalized spacial score (nSPS) is 10.4. The first-order valence-corrected chi connectivity index (χ1v) is 4.90. The molecule has 0 saturated carbocycles. The van der Waals surface area contributed by atoms with Crippen molar-refractivity contribution in [3.63, 3.8) is 0 Å². The van der Waals surface area contributed by atoms with Crippen LogP contribution in [0.3, 0.4) is 0 Å². The van der Waals surface area contributed by atoms with Crippen LogP contribution in [0.25, 0.3) is 5.69 Å². The van der Waals surface area contributed by atoms with Crippen molar-refractivity contribution in [2.75, 3.05) is 5.73 Å². The summed E-state index contributed by atoms with van der Waals surface area (Å²) in [7, 11) is 0. The lowest BCUT2D eigenvalue weighted by Gasteiger charge is -2.03. The number of benzene rings is 1. The Kier molecular flexibility index (Phi) is 2.25. The fourth-order valence-corrected chi connectivity index (χ4v) is 1.82. The highest BCUT2D eigenvalue weighted by atomic mass is 79.9. The summed E-state index contributed by atoms with van der Waals surface area (Å²) < 4.78 is 0.952. The molecule has 4 nitrogen and oxygen atoms in total. The average molecular weight is 253 g/mol. The molecule has 0 atom stereocenters. The molecule has 5 heteroatoms. The SMILES string of the molecule is Cc1ccc(-n2ncc(N)n2)c(Br)c1. The van der Waals surface area contributed by atoms with E-state index < -0.39 is 0 Å². The molecule has 2 rings (SSSR count). The molecule has 1 aromatic carbocycles. The number of hydrogen-bond acceptors (Lipinski definition) is 3. The summed E-state index contributed by atoms with van der Waals surface area (Å²) in [5, 5.41) is 8.05. The quantitative estimate of drug-likeness (QED) is 0.844. The molecule has 14 heavy (non-hydrogen) atoms. The second kappa shape index (κ2) is 3.42. The Balaban J connectivity index is 2.52. The first kappa shape index (κ1) is 9.21. The second-order valence-corrected chi connectivity index (χ2v) is 3.87. The van der Waals surface area contributed by atoms with Crippen LogP contribution in [0.2, 0.25) is 0 Å². The third kappa shape index (κ3) is 1.63. The van der Waals surface area contributed by atoms with Crippen molar-refractivity contribution >= 4 is 21.7 Å². The lowest BCUT2D eigenvalue weighted by molar-refractivity contribution is 0.751. The molecule has 0 fully saturated rings. The van der Waals surface area contributed by atoms with Crippen LogP contribution in [0.5, 0.6) is 0 Å². The average Bonchev–Trinajstić information content (AvgIpc) is 2.51. The molecule has 72 valence electrons. The molecule has 0 aliphatic carbocycles. The third-order valence-electron chi connectivity index (χ3n) is 1.83. The van der Waals surface area contributed by atoms with Crippen LogP contribution >= 0.6 is 15.9 Å². The molecule has 2 N–H and O–H groups in total. The molecule has 0 unspecified atom stereocenters. The largest absolute Gasteiger partial charge is 0.381 e. The van der Waals surface area contributed by atoms with E-state index in [0.717, 1.165) is 10.2 Å². The van der Waals surface area contributed by atoms with Crippen molar-refractivity contribution in [3.05, 3.63) is 34.4 Å². The number of nitrogen functional groups attached to an aromatic ring is 1. The van der Waals surface area contributed by atoms with Gasteiger partial charge in [0.15, 0.2) is 5.82 Å². The van der Waals surface area contributed by atoms with Gasteiger partial charge in [0.1, 0.15) is 0 Å². The number of aromatic nitrogens is 3. The molecule has 2 aromatic rings. The Labute approximate surface area is 89.9 Å². The van der Waals surface area contributed by atoms with Gasteiger partial charge in [0, 0.05) is 4.47 Å². The lowest BCUT2D eigenvalue weighted by atomic mass is 10.2. The number of nitrogens with zero attached hydrogens (tertiary/aromatic N) is 3. The maximum atomic E-state index is 5.49. The van der Waals surface area contributed by atoms with Gasteiger partial charge < -0.3 is 5.73 Å². The molecule has 0 aliphatic rings. The van der Waals surface area contributed by atoms with Gasteiger partial charge in [-0.2, -0.15) is 5.10 Å². The van der Waals surface area contributed by atoms with Gasteiger partial charge in [0.25, 0.3) is 0 Å². The summed E-state index contributed by atoms with van der Waals surface area (Å²) in [6.07, 6.45) is 1.52. The monoisotopic (exact) mass is 252 g/mol. The van der Waals surface area contributed by atoms with E-state index in [2.05, 4.69) is 26.1 Å². The van der Waals surface area contributed by atoms with E-state index in [4.69, 9.17) is 5.73 Å². The molecular formula is C9H9BrN4. The lowest BCUT2D eigenvalue weighted by Crippen LogP contribution is -2.00. The Morgan fingerprint density at radius 1 is 1.43 bits per heavy atom. The van der Waals surface area contributed by atoms with Crippen molar-refractivity contribution in [3.8, 4) is 5.69 Å². The predicted octanol–water partition coefficient (Wildman–Crippen LogP) is 1.92. The van der Waals surface area contributed by atoms with E-state index in [1.54, 1.807) is 0 Å². The molecule has 0 radical (unpaired) electrons. The first-order chi connectivity index (χ1) is 6.66. The van der Waals surface area contributed by atoms with Crippen LogP contribution < -0.4 is 5.73 Å². The Bertz CT molecular complexity index is 464. The van der Waals surface area contributed by atoms with E-state index in [9.17, 15) is 0 Å². The highest BCUT2D eigenvalue weighted by Crippen LogP contribution is 2.21. The summed E-state index contributed by atoms with van der Waals surface area (Å²) in [4.78, 5) is 1.50. The van der Waals surface area contributed by atoms with E-state index in [1.807, 2.05) is 25.1 Å². The van der Waals surface area contributed by atoms with Crippen LogP contribution in [-0.4, -0.2) is 15.0 Å². The third-order valence-corrected chi connectivity index (χ3v) is 2.46. The molecule has 1 heterocycles. The zero-order valence-corrected chi connectivity index (χ0v) is 9.19. The van der Waals surface area contributed by atoms with Gasteiger partial charge in [-0.15, -0.1) is 9.90 Å². The van der Waals surface area contributed by atoms with Crippen molar-refractivity contribution < 1.29 is 0 Å². The van der Waals surface area contributed by atoms with Crippen molar-refractivity contribution in [2.45, 2.75) is 6.92 Å². The second-order valence-electron chi connectivity index (χ2n) is 3.01. The fraction of sp³-hybridized carbons (Fsp3) is 0.111. The Hall–Kier alpha value is -1.36. The van der Waals surface area contributed by atoms with Crippen LogP contribution in [0, 0.1) is 6.92 Å². The van der Waals surface area contributed by atoms with Gasteiger partial charge in [-0.05, 0) is 40.5 Å². The van der Waals surface area contributed by atoms with Crippen molar-refractivity contribution in [2.24, 2.45) is 0 Å². The molecule has 0 saturated heterocycles. The van der Waals surface area contributed by atoms with Gasteiger partial charge in [-0.3, -0.25) is 0 Å². The van der Waals surface area contributed by atoms with Gasteiger partial charge in [-0.1, -0.05) is 6.07 Å². The topological polar surface area (TPSA) is 56.7 Å². The van der Waals surface area contributed by atoms with E-state index in [0.29, 0.717) is 5.82 Å². The van der Waals surface area contributed by atoms with Crippen molar-refractivity contribution in [1.29, 1.82) is 0 Å². The standard InChI is InChI=1S/C9H9BrN4/c1-6-2-3-8(7(10)4-6)14-12-5-9(11)13-14/h2-5H,1H3,(H2,11,13). The molecule has 0 bridgehead atoms. The fourth-order valence-electron chi connectivity index (χ4n) is 1.17. The van der Waals surface area contributed by atoms with Crippen LogP contribution in [0.4, 0.5) is 5.82 Å². The van der Waals surface area contributed by atoms with Crippen LogP contribution in [0.15, 0.2) is 28.9 Å². The predicted molar refractivity (Wildman–Crippen MR) is 58.2 cm³/mol.